The smallest absolute Gasteiger partial charge is 0.127 e. The van der Waals surface area contributed by atoms with E-state index >= 15 is 0 Å². The van der Waals surface area contributed by atoms with E-state index in [2.05, 4.69) is 26.2 Å². The standard InChI is InChI=1S/C10H15BrN2O/c11-9-4-6-13-10(8-9)12-5-2-1-3-7-14/h4,6,8,14H,1-3,5,7H2,(H,12,13). The van der Waals surface area contributed by atoms with Crippen LogP contribution in [0.2, 0.25) is 0 Å². The molecule has 0 saturated carbocycles. The van der Waals surface area contributed by atoms with Gasteiger partial charge in [-0.15, -0.1) is 0 Å². The van der Waals surface area contributed by atoms with Crippen LogP contribution in [0.4, 0.5) is 5.82 Å². The molecule has 0 amide bonds. The lowest BCUT2D eigenvalue weighted by Crippen LogP contribution is -2.03. The molecule has 1 rings (SSSR count). The Morgan fingerprint density at radius 2 is 2.21 bits per heavy atom. The van der Waals surface area contributed by atoms with Crippen LogP contribution >= 0.6 is 15.9 Å². The maximum Gasteiger partial charge on any atom is 0.127 e. The van der Waals surface area contributed by atoms with Gasteiger partial charge in [0.1, 0.15) is 5.82 Å². The molecule has 2 N–H and O–H groups in total. The molecule has 0 radical (unpaired) electrons. The molecule has 0 aromatic carbocycles. The number of hydrogen-bond donors (Lipinski definition) is 2. The maximum atomic E-state index is 8.58. The summed E-state index contributed by atoms with van der Waals surface area (Å²) in [6.45, 7) is 1.19. The Morgan fingerprint density at radius 1 is 1.36 bits per heavy atom. The number of aliphatic hydroxyl groups is 1. The van der Waals surface area contributed by atoms with E-state index in [1.807, 2.05) is 12.1 Å². The predicted molar refractivity (Wildman–Crippen MR) is 61.4 cm³/mol. The monoisotopic (exact) mass is 258 g/mol. The van der Waals surface area contributed by atoms with Gasteiger partial charge in [0.15, 0.2) is 0 Å². The van der Waals surface area contributed by atoms with Gasteiger partial charge in [-0.05, 0) is 31.4 Å². The minimum atomic E-state index is 0.287. The third-order valence-electron chi connectivity index (χ3n) is 1.86. The van der Waals surface area contributed by atoms with E-state index in [9.17, 15) is 0 Å². The molecule has 0 spiro atoms. The van der Waals surface area contributed by atoms with Crippen LogP contribution in [0.1, 0.15) is 19.3 Å². The molecule has 0 atom stereocenters. The van der Waals surface area contributed by atoms with Gasteiger partial charge in [0.2, 0.25) is 0 Å². The van der Waals surface area contributed by atoms with Gasteiger partial charge in [0, 0.05) is 23.8 Å². The largest absolute Gasteiger partial charge is 0.396 e. The second-order valence-electron chi connectivity index (χ2n) is 3.07. The van der Waals surface area contributed by atoms with Crippen LogP contribution in [-0.2, 0) is 0 Å². The van der Waals surface area contributed by atoms with E-state index in [0.717, 1.165) is 36.1 Å². The topological polar surface area (TPSA) is 45.1 Å². The van der Waals surface area contributed by atoms with Crippen molar-refractivity contribution in [2.75, 3.05) is 18.5 Å². The summed E-state index contributed by atoms with van der Waals surface area (Å²) in [4.78, 5) is 4.17. The van der Waals surface area contributed by atoms with E-state index in [0.29, 0.717) is 0 Å². The molecule has 4 heteroatoms. The van der Waals surface area contributed by atoms with Crippen LogP contribution in [0, 0.1) is 0 Å². The summed E-state index contributed by atoms with van der Waals surface area (Å²) < 4.78 is 1.03. The van der Waals surface area contributed by atoms with Gasteiger partial charge in [-0.2, -0.15) is 0 Å². The summed E-state index contributed by atoms with van der Waals surface area (Å²) in [6.07, 6.45) is 4.76. The number of aromatic nitrogens is 1. The third kappa shape index (κ3) is 4.58. The van der Waals surface area contributed by atoms with Crippen LogP contribution in [-0.4, -0.2) is 23.2 Å². The van der Waals surface area contributed by atoms with E-state index in [-0.39, 0.29) is 6.61 Å². The van der Waals surface area contributed by atoms with Crippen molar-refractivity contribution in [2.24, 2.45) is 0 Å². The molecule has 0 aliphatic carbocycles. The van der Waals surface area contributed by atoms with Gasteiger partial charge < -0.3 is 10.4 Å². The summed E-state index contributed by atoms with van der Waals surface area (Å²) in [5.41, 5.74) is 0. The highest BCUT2D eigenvalue weighted by molar-refractivity contribution is 9.10. The zero-order chi connectivity index (χ0) is 10.2. The molecule has 0 fully saturated rings. The molecule has 0 aliphatic heterocycles. The van der Waals surface area contributed by atoms with E-state index in [4.69, 9.17) is 5.11 Å². The highest BCUT2D eigenvalue weighted by atomic mass is 79.9. The zero-order valence-electron chi connectivity index (χ0n) is 8.04. The molecule has 0 unspecified atom stereocenters. The van der Waals surface area contributed by atoms with Crippen LogP contribution < -0.4 is 5.32 Å². The van der Waals surface area contributed by atoms with Crippen molar-refractivity contribution in [1.29, 1.82) is 0 Å². The average Bonchev–Trinajstić information content (AvgIpc) is 2.18. The first-order chi connectivity index (χ1) is 6.83. The van der Waals surface area contributed by atoms with E-state index in [1.165, 1.54) is 0 Å². The van der Waals surface area contributed by atoms with Crippen molar-refractivity contribution >= 4 is 21.7 Å². The lowest BCUT2D eigenvalue weighted by Gasteiger charge is -2.04. The van der Waals surface area contributed by atoms with Gasteiger partial charge in [0.05, 0.1) is 0 Å². The first-order valence-electron chi connectivity index (χ1n) is 4.79. The maximum absolute atomic E-state index is 8.58. The number of aliphatic hydroxyl groups excluding tert-OH is 1. The Hall–Kier alpha value is -0.610. The van der Waals surface area contributed by atoms with Crippen LogP contribution in [0.25, 0.3) is 0 Å². The molecule has 1 aromatic rings. The summed E-state index contributed by atoms with van der Waals surface area (Å²) in [7, 11) is 0. The first-order valence-corrected chi connectivity index (χ1v) is 5.58. The van der Waals surface area contributed by atoms with Gasteiger partial charge in [-0.3, -0.25) is 0 Å². The normalized spacial score (nSPS) is 10.1. The number of unbranched alkanes of at least 4 members (excludes halogenated alkanes) is 2. The number of anilines is 1. The predicted octanol–water partition coefficient (Wildman–Crippen LogP) is 2.42. The zero-order valence-corrected chi connectivity index (χ0v) is 9.63. The number of nitrogens with one attached hydrogen (secondary N) is 1. The average molecular weight is 259 g/mol. The lowest BCUT2D eigenvalue weighted by atomic mass is 10.2. The highest BCUT2D eigenvalue weighted by Gasteiger charge is 1.93. The first kappa shape index (κ1) is 11.5. The SMILES string of the molecule is OCCCCCNc1cc(Br)ccn1. The minimum Gasteiger partial charge on any atom is -0.396 e. The fourth-order valence-corrected chi connectivity index (χ4v) is 1.47. The van der Waals surface area contributed by atoms with Crippen LogP contribution in [0.3, 0.4) is 0 Å². The number of nitrogens with zero attached hydrogens (tertiary/aromatic N) is 1. The Balaban J connectivity index is 2.18. The van der Waals surface area contributed by atoms with Gasteiger partial charge in [0.25, 0.3) is 0 Å². The quantitative estimate of drug-likeness (QED) is 0.771. The molecule has 1 aromatic heterocycles. The van der Waals surface area contributed by atoms with Crippen molar-refractivity contribution in [3.63, 3.8) is 0 Å². The molecule has 78 valence electrons. The van der Waals surface area contributed by atoms with Crippen LogP contribution in [0.5, 0.6) is 0 Å². The van der Waals surface area contributed by atoms with E-state index in [1.54, 1.807) is 6.20 Å². The van der Waals surface area contributed by atoms with Crippen molar-refractivity contribution in [3.05, 3.63) is 22.8 Å². The Kier molecular flexibility index (Phi) is 5.56. The van der Waals surface area contributed by atoms with Gasteiger partial charge in [-0.1, -0.05) is 15.9 Å². The summed E-state index contributed by atoms with van der Waals surface area (Å²) in [6, 6.07) is 3.85. The summed E-state index contributed by atoms with van der Waals surface area (Å²) in [5.74, 6) is 0.892. The second kappa shape index (κ2) is 6.79. The summed E-state index contributed by atoms with van der Waals surface area (Å²) in [5, 5.41) is 11.8. The van der Waals surface area contributed by atoms with Crippen molar-refractivity contribution < 1.29 is 5.11 Å². The number of pyridine rings is 1. The molecular weight excluding hydrogens is 244 g/mol. The fourth-order valence-electron chi connectivity index (χ4n) is 1.13. The molecule has 0 saturated heterocycles. The molecule has 0 aliphatic rings. The van der Waals surface area contributed by atoms with Crippen molar-refractivity contribution in [3.8, 4) is 0 Å². The lowest BCUT2D eigenvalue weighted by molar-refractivity contribution is 0.283. The number of rotatable bonds is 6. The molecular formula is C10H15BrN2O. The van der Waals surface area contributed by atoms with Crippen molar-refractivity contribution in [2.45, 2.75) is 19.3 Å². The fraction of sp³-hybridized carbons (Fsp3) is 0.500. The molecule has 14 heavy (non-hydrogen) atoms. The molecule has 1 heterocycles. The summed E-state index contributed by atoms with van der Waals surface area (Å²) >= 11 is 3.38. The highest BCUT2D eigenvalue weighted by Crippen LogP contribution is 2.12. The van der Waals surface area contributed by atoms with E-state index < -0.39 is 0 Å². The molecule has 0 bridgehead atoms. The second-order valence-corrected chi connectivity index (χ2v) is 3.99. The number of hydrogen-bond acceptors (Lipinski definition) is 3. The van der Waals surface area contributed by atoms with Gasteiger partial charge >= 0.3 is 0 Å². The van der Waals surface area contributed by atoms with Crippen LogP contribution in [0.15, 0.2) is 22.8 Å². The Bertz CT molecular complexity index is 268. The third-order valence-corrected chi connectivity index (χ3v) is 2.36. The van der Waals surface area contributed by atoms with Crippen molar-refractivity contribution in [1.82, 2.24) is 4.98 Å². The Morgan fingerprint density at radius 3 is 2.93 bits per heavy atom. The van der Waals surface area contributed by atoms with Gasteiger partial charge in [-0.25, -0.2) is 4.98 Å². The minimum absolute atomic E-state index is 0.287. The molecule has 3 nitrogen and oxygen atoms in total. The number of halogens is 1. The Labute approximate surface area is 92.7 Å².